The van der Waals surface area contributed by atoms with Crippen molar-refractivity contribution < 1.29 is 126 Å². The van der Waals surface area contributed by atoms with Gasteiger partial charge in [0.25, 0.3) is 0 Å². The van der Waals surface area contributed by atoms with Crippen molar-refractivity contribution in [3.05, 3.63) is 12.2 Å². The van der Waals surface area contributed by atoms with E-state index in [4.69, 9.17) is 99.5 Å². The zero-order valence-corrected chi connectivity index (χ0v) is 61.7. The molecule has 1 aliphatic heterocycles. The van der Waals surface area contributed by atoms with Gasteiger partial charge in [0, 0.05) is 26.2 Å². The molecule has 0 atom stereocenters. The zero-order chi connectivity index (χ0) is 67.2. The first kappa shape index (κ1) is 93.8. The molecule has 0 aromatic carbocycles. The van der Waals surface area contributed by atoms with E-state index in [0.29, 0.717) is 264 Å². The highest BCUT2D eigenvalue weighted by Gasteiger charge is 2.28. The molecular formula is C70H139BrN2O22. The lowest BCUT2D eigenvalue weighted by molar-refractivity contribution is -0.913. The van der Waals surface area contributed by atoms with Gasteiger partial charge in [-0.25, -0.2) is 0 Å². The van der Waals surface area contributed by atoms with Gasteiger partial charge < -0.3 is 121 Å². The predicted molar refractivity (Wildman–Crippen MR) is 364 cm³/mol. The van der Waals surface area contributed by atoms with Gasteiger partial charge in [0.15, 0.2) is 0 Å². The van der Waals surface area contributed by atoms with E-state index in [1.165, 1.54) is 103 Å². The van der Waals surface area contributed by atoms with Crippen LogP contribution in [0, 0.1) is 0 Å². The van der Waals surface area contributed by atoms with E-state index in [-0.39, 0.29) is 29.6 Å². The summed E-state index contributed by atoms with van der Waals surface area (Å²) < 4.78 is 118. The molecular weight excluding hydrogens is 1300 g/mol. The van der Waals surface area contributed by atoms with Crippen molar-refractivity contribution in [3.63, 3.8) is 0 Å². The van der Waals surface area contributed by atoms with Gasteiger partial charge >= 0.3 is 5.97 Å². The number of allylic oxidation sites excluding steroid dienone is 2. The minimum Gasteiger partial charge on any atom is -1.00 e. The number of piperazine rings is 1. The van der Waals surface area contributed by atoms with Gasteiger partial charge in [-0.3, -0.25) is 9.69 Å². The number of rotatable bonds is 82. The summed E-state index contributed by atoms with van der Waals surface area (Å²) in [6.07, 6.45) is 26.1. The van der Waals surface area contributed by atoms with E-state index in [1.54, 1.807) is 0 Å². The molecule has 1 heterocycles. The molecule has 0 amide bonds. The molecule has 568 valence electrons. The largest absolute Gasteiger partial charge is 1.00 e. The van der Waals surface area contributed by atoms with E-state index in [0.717, 1.165) is 50.2 Å². The number of carbonyl (C=O) groups is 1. The molecule has 0 bridgehead atoms. The molecule has 0 spiro atoms. The lowest BCUT2D eigenvalue weighted by Gasteiger charge is -2.42. The standard InChI is InChI=1S/C70H139N2O22.BrH/c1-4-6-8-9-10-11-12-13-14-15-16-17-18-19-20-21-29-74-30-31-75-32-33-76-34-35-77-36-37-78-38-39-79-40-41-80-42-43-81-44-45-82-46-47-83-48-49-84-50-51-85-52-53-86-54-55-87-56-57-88-58-59-89-60-61-90-62-63-91-64-65-92-66-67-93-68-69-94-70(73)22-23-71-24-27-72(3,28-25-71)26-7-5-2;/h13-14H,4-12,15-69H2,1-3H3;1H/q+1;/p-1/b14-13+;. The van der Waals surface area contributed by atoms with Gasteiger partial charge in [-0.05, 0) is 38.5 Å². The molecule has 1 saturated heterocycles. The first-order valence-corrected chi connectivity index (χ1v) is 36.5. The Labute approximate surface area is 586 Å². The van der Waals surface area contributed by atoms with Crippen LogP contribution in [-0.2, 0) is 104 Å². The number of nitrogens with zero attached hydrogens (tertiary/aromatic N) is 2. The van der Waals surface area contributed by atoms with Crippen molar-refractivity contribution in [1.29, 1.82) is 0 Å². The van der Waals surface area contributed by atoms with Crippen molar-refractivity contribution in [2.24, 2.45) is 0 Å². The number of carbonyl (C=O) groups excluding carboxylic acids is 1. The molecule has 95 heavy (non-hydrogen) atoms. The second kappa shape index (κ2) is 81.8. The van der Waals surface area contributed by atoms with Crippen LogP contribution < -0.4 is 17.0 Å². The van der Waals surface area contributed by atoms with E-state index >= 15 is 0 Å². The molecule has 1 aliphatic rings. The predicted octanol–water partition coefficient (Wildman–Crippen LogP) is 4.86. The van der Waals surface area contributed by atoms with Crippen LogP contribution in [0.4, 0.5) is 0 Å². The van der Waals surface area contributed by atoms with Crippen molar-refractivity contribution >= 4 is 5.97 Å². The number of hydrogen-bond acceptors (Lipinski definition) is 23. The van der Waals surface area contributed by atoms with Crippen LogP contribution in [0.15, 0.2) is 12.2 Å². The molecule has 0 radical (unpaired) electrons. The lowest BCUT2D eigenvalue weighted by atomic mass is 10.1. The number of quaternary nitrogens is 1. The maximum absolute atomic E-state index is 12.1. The Hall–Kier alpha value is -1.19. The van der Waals surface area contributed by atoms with Gasteiger partial charge in [-0.15, -0.1) is 0 Å². The van der Waals surface area contributed by atoms with Gasteiger partial charge in [0.1, 0.15) is 6.61 Å². The molecule has 1 fully saturated rings. The van der Waals surface area contributed by atoms with Crippen LogP contribution in [0.3, 0.4) is 0 Å². The van der Waals surface area contributed by atoms with Crippen LogP contribution in [0.5, 0.6) is 0 Å². The summed E-state index contributed by atoms with van der Waals surface area (Å²) in [5.41, 5.74) is 0. The Kier molecular flexibility index (Phi) is 80.7. The number of esters is 1. The van der Waals surface area contributed by atoms with Gasteiger partial charge in [0.2, 0.25) is 0 Å². The van der Waals surface area contributed by atoms with E-state index in [1.807, 2.05) is 0 Å². The van der Waals surface area contributed by atoms with Crippen molar-refractivity contribution in [3.8, 4) is 0 Å². The summed E-state index contributed by atoms with van der Waals surface area (Å²) in [6.45, 7) is 31.3. The van der Waals surface area contributed by atoms with Crippen molar-refractivity contribution in [1.82, 2.24) is 4.90 Å². The summed E-state index contributed by atoms with van der Waals surface area (Å²) in [5, 5.41) is 0. The normalized spacial score (nSPS) is 13.4. The van der Waals surface area contributed by atoms with Crippen LogP contribution in [0.25, 0.3) is 0 Å². The summed E-state index contributed by atoms with van der Waals surface area (Å²) >= 11 is 0. The fourth-order valence-corrected chi connectivity index (χ4v) is 9.24. The van der Waals surface area contributed by atoms with Crippen LogP contribution in [-0.4, -0.2) is 333 Å². The molecule has 25 heteroatoms. The van der Waals surface area contributed by atoms with Crippen LogP contribution >= 0.6 is 0 Å². The van der Waals surface area contributed by atoms with Crippen LogP contribution in [0.2, 0.25) is 0 Å². The first-order valence-electron chi connectivity index (χ1n) is 36.5. The smallest absolute Gasteiger partial charge is 0.307 e. The third-order valence-electron chi connectivity index (χ3n) is 15.0. The van der Waals surface area contributed by atoms with Gasteiger partial charge in [-0.1, -0.05) is 90.2 Å². The quantitative estimate of drug-likeness (QED) is 0.0344. The zero-order valence-electron chi connectivity index (χ0n) is 60.2. The third-order valence-corrected chi connectivity index (χ3v) is 15.0. The van der Waals surface area contributed by atoms with Crippen molar-refractivity contribution in [2.45, 2.75) is 123 Å². The molecule has 24 nitrogen and oxygen atoms in total. The number of hydrogen-bond donors (Lipinski definition) is 0. The number of halogens is 1. The molecule has 0 aliphatic carbocycles. The van der Waals surface area contributed by atoms with Crippen LogP contribution in [0.1, 0.15) is 123 Å². The Morgan fingerprint density at radius 3 is 0.779 bits per heavy atom. The second-order valence-electron chi connectivity index (χ2n) is 23.1. The molecule has 0 N–H and O–H groups in total. The number of ether oxygens (including phenoxy) is 21. The molecule has 0 aromatic rings. The topological polar surface area (TPSA) is 214 Å². The molecule has 1 rings (SSSR count). The average Bonchev–Trinajstić information content (AvgIpc) is 0.919. The average molecular weight is 1440 g/mol. The summed E-state index contributed by atoms with van der Waals surface area (Å²) in [6, 6.07) is 0. The maximum atomic E-state index is 12.1. The second-order valence-corrected chi connectivity index (χ2v) is 23.1. The first-order chi connectivity index (χ1) is 46.6. The Bertz CT molecular complexity index is 1490. The number of unbranched alkanes of at least 4 members (excludes halogenated alkanes) is 13. The number of likely N-dealkylation sites (N-methyl/N-ethyl adjacent to an activating group) is 1. The summed E-state index contributed by atoms with van der Waals surface area (Å²) in [7, 11) is 2.35. The summed E-state index contributed by atoms with van der Waals surface area (Å²) in [4.78, 5) is 14.5. The fraction of sp³-hybridized carbons (Fsp3) is 0.957. The lowest BCUT2D eigenvalue weighted by Crippen LogP contribution is -3.00. The minimum atomic E-state index is -0.168. The van der Waals surface area contributed by atoms with Gasteiger partial charge in [-0.2, -0.15) is 0 Å². The summed E-state index contributed by atoms with van der Waals surface area (Å²) in [5.74, 6) is -0.168. The minimum absolute atomic E-state index is 0. The fourth-order valence-electron chi connectivity index (χ4n) is 9.24. The van der Waals surface area contributed by atoms with Gasteiger partial charge in [0.05, 0.1) is 291 Å². The highest BCUT2D eigenvalue weighted by atomic mass is 79.9. The van der Waals surface area contributed by atoms with E-state index < -0.39 is 0 Å². The Balaban J connectivity index is 0.0000884. The Morgan fingerprint density at radius 1 is 0.295 bits per heavy atom. The maximum Gasteiger partial charge on any atom is 0.307 e. The molecule has 0 aromatic heterocycles. The third kappa shape index (κ3) is 76.8. The SMILES string of the molecule is CCCCCCCC/C=C/CCCCCCCCOCCOCCOCCOCCOCCOCCOCCOCCOCCOCCOCCOCCOCCOCCOCCOCCOCCOCCOCCOCCOC(=O)CCN1CC[N+](C)(CCCC)CC1.[Br-]. The highest BCUT2D eigenvalue weighted by molar-refractivity contribution is 5.69. The Morgan fingerprint density at radius 2 is 0.516 bits per heavy atom. The van der Waals surface area contributed by atoms with Crippen molar-refractivity contribution in [2.75, 3.05) is 317 Å². The highest BCUT2D eigenvalue weighted by Crippen LogP contribution is 2.13. The molecule has 0 saturated carbocycles. The molecule has 0 unspecified atom stereocenters. The van der Waals surface area contributed by atoms with E-state index in [9.17, 15) is 4.79 Å². The monoisotopic (exact) mass is 1440 g/mol. The van der Waals surface area contributed by atoms with E-state index in [2.05, 4.69) is 37.9 Å².